The van der Waals surface area contributed by atoms with Gasteiger partial charge in [0.1, 0.15) is 17.5 Å². The molecule has 0 radical (unpaired) electrons. The molecule has 2 amide bonds. The van der Waals surface area contributed by atoms with Crippen LogP contribution in [0.4, 0.5) is 16.4 Å². The molecule has 1 aliphatic heterocycles. The SMILES string of the molecule is CC(C)(C)OC(=O)Nc1cc(-c2cc(C#N)c(N3CCN(C(=O)CCO)C(C4CC4)C3)nc2C2CC2)cnn1. The number of aliphatic hydroxyl groups excluding tert-OH is 1. The summed E-state index contributed by atoms with van der Waals surface area (Å²) in [5, 5.41) is 30.1. The molecule has 1 unspecified atom stereocenters. The Morgan fingerprint density at radius 3 is 2.62 bits per heavy atom. The van der Waals surface area contributed by atoms with E-state index < -0.39 is 11.7 Å². The topological polar surface area (TPSA) is 145 Å². The Morgan fingerprint density at radius 1 is 1.21 bits per heavy atom. The summed E-state index contributed by atoms with van der Waals surface area (Å²) in [5.41, 5.74) is 2.23. The molecule has 0 spiro atoms. The highest BCUT2D eigenvalue weighted by Gasteiger charge is 2.41. The Labute approximate surface area is 228 Å². The largest absolute Gasteiger partial charge is 0.444 e. The lowest BCUT2D eigenvalue weighted by Gasteiger charge is -2.42. The minimum atomic E-state index is -0.647. The van der Waals surface area contributed by atoms with Gasteiger partial charge in [0.25, 0.3) is 0 Å². The smallest absolute Gasteiger partial charge is 0.413 e. The Morgan fingerprint density at radius 2 is 1.97 bits per heavy atom. The fraction of sp³-hybridized carbons (Fsp3) is 0.571. The van der Waals surface area contributed by atoms with E-state index in [4.69, 9.17) is 9.72 Å². The summed E-state index contributed by atoms with van der Waals surface area (Å²) in [5.74, 6) is 1.62. The van der Waals surface area contributed by atoms with E-state index in [9.17, 15) is 20.0 Å². The Kier molecular flexibility index (Phi) is 7.40. The molecule has 11 heteroatoms. The number of aromatic nitrogens is 3. The first kappa shape index (κ1) is 26.8. The van der Waals surface area contributed by atoms with E-state index in [-0.39, 0.29) is 36.7 Å². The maximum absolute atomic E-state index is 12.7. The Hall–Kier alpha value is -3.78. The normalized spacial score (nSPS) is 19.4. The van der Waals surface area contributed by atoms with Crippen LogP contribution in [0, 0.1) is 17.2 Å². The third-order valence-corrected chi connectivity index (χ3v) is 7.24. The van der Waals surface area contributed by atoms with Crippen molar-refractivity contribution in [1.82, 2.24) is 20.1 Å². The molecule has 11 nitrogen and oxygen atoms in total. The van der Waals surface area contributed by atoms with Crippen LogP contribution in [-0.4, -0.2) is 75.1 Å². The molecule has 2 N–H and O–H groups in total. The fourth-order valence-corrected chi connectivity index (χ4v) is 5.16. The average molecular weight is 534 g/mol. The van der Waals surface area contributed by atoms with Crippen molar-refractivity contribution in [2.75, 3.05) is 36.5 Å². The number of carbonyl (C=O) groups is 2. The predicted octanol–water partition coefficient (Wildman–Crippen LogP) is 3.44. The molecule has 39 heavy (non-hydrogen) atoms. The molecule has 2 aliphatic carbocycles. The Balaban J connectivity index is 1.43. The van der Waals surface area contributed by atoms with Gasteiger partial charge in [0, 0.05) is 43.1 Å². The molecule has 2 aromatic heterocycles. The summed E-state index contributed by atoms with van der Waals surface area (Å²) < 4.78 is 5.33. The van der Waals surface area contributed by atoms with Crippen LogP contribution in [-0.2, 0) is 9.53 Å². The van der Waals surface area contributed by atoms with Crippen LogP contribution in [0.2, 0.25) is 0 Å². The zero-order chi connectivity index (χ0) is 27.7. The first-order valence-corrected chi connectivity index (χ1v) is 13.6. The van der Waals surface area contributed by atoms with E-state index in [2.05, 4.69) is 26.5 Å². The predicted molar refractivity (Wildman–Crippen MR) is 144 cm³/mol. The van der Waals surface area contributed by atoms with Crippen LogP contribution in [0.25, 0.3) is 11.1 Å². The number of amides is 2. The van der Waals surface area contributed by atoms with Crippen molar-refractivity contribution in [2.24, 2.45) is 5.92 Å². The van der Waals surface area contributed by atoms with Crippen LogP contribution in [0.1, 0.15) is 70.1 Å². The molecule has 2 aromatic rings. The quantitative estimate of drug-likeness (QED) is 0.547. The van der Waals surface area contributed by atoms with Crippen molar-refractivity contribution in [3.63, 3.8) is 0 Å². The summed E-state index contributed by atoms with van der Waals surface area (Å²) in [7, 11) is 0. The standard InChI is InChI=1S/C28H35N7O4/c1-28(2,3)39-27(38)31-23-13-20(15-30-33-23)21-12-19(14-29)26(32-25(21)18-6-7-18)34-9-10-35(24(37)8-11-36)22(16-34)17-4-5-17/h12-13,15,17-18,22,36H,4-11,16H2,1-3H3,(H,31,33,38). The number of hydrogen-bond acceptors (Lipinski definition) is 9. The van der Waals surface area contributed by atoms with Crippen LogP contribution >= 0.6 is 0 Å². The van der Waals surface area contributed by atoms with E-state index in [1.807, 2.05) is 11.0 Å². The average Bonchev–Trinajstić information content (AvgIpc) is 3.80. The minimum Gasteiger partial charge on any atom is -0.444 e. The lowest BCUT2D eigenvalue weighted by Crippen LogP contribution is -2.56. The number of anilines is 2. The van der Waals surface area contributed by atoms with Crippen molar-refractivity contribution < 1.29 is 19.4 Å². The van der Waals surface area contributed by atoms with Crippen molar-refractivity contribution >= 4 is 23.6 Å². The van der Waals surface area contributed by atoms with Gasteiger partial charge in [-0.25, -0.2) is 9.78 Å². The van der Waals surface area contributed by atoms with Crippen molar-refractivity contribution in [2.45, 2.75) is 70.4 Å². The number of rotatable bonds is 7. The summed E-state index contributed by atoms with van der Waals surface area (Å²) in [6.07, 6.45) is 5.32. The van der Waals surface area contributed by atoms with Gasteiger partial charge in [0.2, 0.25) is 5.91 Å². The number of hydrogen-bond donors (Lipinski definition) is 2. The number of nitriles is 1. The third kappa shape index (κ3) is 6.28. The second kappa shape index (κ2) is 10.8. The highest BCUT2D eigenvalue weighted by molar-refractivity contribution is 5.85. The summed E-state index contributed by atoms with van der Waals surface area (Å²) in [6.45, 7) is 6.94. The molecular formula is C28H35N7O4. The Bertz CT molecular complexity index is 1290. The van der Waals surface area contributed by atoms with Gasteiger partial charge in [0.15, 0.2) is 5.82 Å². The molecule has 5 rings (SSSR count). The maximum atomic E-state index is 12.7. The molecular weight excluding hydrogens is 498 g/mol. The van der Waals surface area contributed by atoms with Gasteiger partial charge < -0.3 is 19.6 Å². The van der Waals surface area contributed by atoms with Gasteiger partial charge in [0.05, 0.1) is 30.1 Å². The van der Waals surface area contributed by atoms with Crippen LogP contribution < -0.4 is 10.2 Å². The lowest BCUT2D eigenvalue weighted by atomic mass is 10.00. The third-order valence-electron chi connectivity index (χ3n) is 7.24. The van der Waals surface area contributed by atoms with Crippen molar-refractivity contribution in [3.05, 3.63) is 29.6 Å². The van der Waals surface area contributed by atoms with Crippen LogP contribution in [0.5, 0.6) is 0 Å². The number of nitrogens with one attached hydrogen (secondary N) is 1. The summed E-state index contributed by atoms with van der Waals surface area (Å²) >= 11 is 0. The van der Waals surface area contributed by atoms with E-state index in [0.717, 1.165) is 36.9 Å². The van der Waals surface area contributed by atoms with Crippen LogP contribution in [0.15, 0.2) is 18.3 Å². The molecule has 2 saturated carbocycles. The van der Waals surface area contributed by atoms with E-state index in [1.165, 1.54) is 0 Å². The fourth-order valence-electron chi connectivity index (χ4n) is 5.16. The molecule has 0 aromatic carbocycles. The number of nitrogens with zero attached hydrogens (tertiary/aromatic N) is 6. The zero-order valence-electron chi connectivity index (χ0n) is 22.7. The molecule has 1 saturated heterocycles. The number of carbonyl (C=O) groups excluding carboxylic acids is 2. The highest BCUT2D eigenvalue weighted by Crippen LogP contribution is 2.45. The molecule has 1 atom stereocenters. The van der Waals surface area contributed by atoms with E-state index in [1.54, 1.807) is 33.0 Å². The van der Waals surface area contributed by atoms with Gasteiger partial charge in [-0.05, 0) is 64.5 Å². The highest BCUT2D eigenvalue weighted by atomic mass is 16.6. The van der Waals surface area contributed by atoms with Crippen molar-refractivity contribution in [1.29, 1.82) is 5.26 Å². The zero-order valence-corrected chi connectivity index (χ0v) is 22.7. The molecule has 3 fully saturated rings. The number of aliphatic hydroxyl groups is 1. The summed E-state index contributed by atoms with van der Waals surface area (Å²) in [6, 6.07) is 5.97. The summed E-state index contributed by atoms with van der Waals surface area (Å²) in [4.78, 5) is 34.0. The number of pyridine rings is 1. The number of ether oxygens (including phenoxy) is 1. The first-order chi connectivity index (χ1) is 18.7. The monoisotopic (exact) mass is 533 g/mol. The van der Waals surface area contributed by atoms with Gasteiger partial charge >= 0.3 is 6.09 Å². The number of piperazine rings is 1. The van der Waals surface area contributed by atoms with Gasteiger partial charge in [-0.15, -0.1) is 5.10 Å². The van der Waals surface area contributed by atoms with Gasteiger partial charge in [-0.1, -0.05) is 0 Å². The van der Waals surface area contributed by atoms with Crippen molar-refractivity contribution in [3.8, 4) is 17.2 Å². The minimum absolute atomic E-state index is 0.0162. The van der Waals surface area contributed by atoms with E-state index >= 15 is 0 Å². The molecule has 206 valence electrons. The first-order valence-electron chi connectivity index (χ1n) is 13.6. The maximum Gasteiger partial charge on any atom is 0.413 e. The second-order valence-corrected chi connectivity index (χ2v) is 11.5. The van der Waals surface area contributed by atoms with E-state index in [0.29, 0.717) is 42.5 Å². The lowest BCUT2D eigenvalue weighted by molar-refractivity contribution is -0.135. The second-order valence-electron chi connectivity index (χ2n) is 11.5. The van der Waals surface area contributed by atoms with Gasteiger partial charge in [-0.3, -0.25) is 10.1 Å². The molecule has 3 heterocycles. The molecule has 3 aliphatic rings. The van der Waals surface area contributed by atoms with Crippen LogP contribution in [0.3, 0.4) is 0 Å². The molecule has 0 bridgehead atoms. The van der Waals surface area contributed by atoms with Gasteiger partial charge in [-0.2, -0.15) is 10.4 Å².